The first-order chi connectivity index (χ1) is 12.7. The number of ketones is 1. The number of hydrogen-bond acceptors (Lipinski definition) is 9. The monoisotopic (exact) mass is 407 g/mol. The van der Waals surface area contributed by atoms with E-state index in [0.29, 0.717) is 14.6 Å². The zero-order valence-corrected chi connectivity index (χ0v) is 15.8. The smallest absolute Gasteiger partial charge is 0.332 e. The number of nitro benzene ring substituents is 1. The van der Waals surface area contributed by atoms with Crippen molar-refractivity contribution in [1.82, 2.24) is 14.1 Å². The highest BCUT2D eigenvalue weighted by molar-refractivity contribution is 8.01. The minimum Gasteiger partial charge on any atom is -0.384 e. The van der Waals surface area contributed by atoms with Crippen LogP contribution >= 0.6 is 23.1 Å². The van der Waals surface area contributed by atoms with Crippen LogP contribution in [0.25, 0.3) is 10.2 Å². The lowest BCUT2D eigenvalue weighted by atomic mass is 10.2. The maximum Gasteiger partial charge on any atom is 0.332 e. The van der Waals surface area contributed by atoms with Gasteiger partial charge in [-0.3, -0.25) is 28.8 Å². The summed E-state index contributed by atoms with van der Waals surface area (Å²) >= 11 is 2.30. The first-order valence-electron chi connectivity index (χ1n) is 7.47. The van der Waals surface area contributed by atoms with Gasteiger partial charge in [-0.25, -0.2) is 9.78 Å². The molecule has 2 aromatic heterocycles. The van der Waals surface area contributed by atoms with Crippen LogP contribution in [0.5, 0.6) is 0 Å². The lowest BCUT2D eigenvalue weighted by Crippen LogP contribution is -2.41. The number of carbonyl (C=O) groups is 1. The van der Waals surface area contributed by atoms with Gasteiger partial charge in [-0.15, -0.1) is 11.3 Å². The molecule has 0 bridgehead atoms. The fourth-order valence-electron chi connectivity index (χ4n) is 2.39. The minimum absolute atomic E-state index is 0.0414. The third kappa shape index (κ3) is 3.36. The molecule has 2 heterocycles. The molecule has 0 aliphatic heterocycles. The van der Waals surface area contributed by atoms with E-state index in [0.717, 1.165) is 20.9 Å². The van der Waals surface area contributed by atoms with E-state index in [9.17, 15) is 24.5 Å². The number of rotatable bonds is 5. The number of aromatic nitrogens is 3. The second kappa shape index (κ2) is 6.96. The lowest BCUT2D eigenvalue weighted by molar-refractivity contribution is -0.384. The van der Waals surface area contributed by atoms with Gasteiger partial charge in [0.1, 0.15) is 11.4 Å². The Morgan fingerprint density at radius 2 is 2.04 bits per heavy atom. The average Bonchev–Trinajstić information content (AvgIpc) is 3.05. The van der Waals surface area contributed by atoms with E-state index in [2.05, 4.69) is 4.98 Å². The summed E-state index contributed by atoms with van der Waals surface area (Å²) in [5.74, 6) is -0.827. The van der Waals surface area contributed by atoms with Crippen LogP contribution in [0.4, 0.5) is 11.5 Å². The molecule has 0 saturated carbocycles. The Morgan fingerprint density at radius 1 is 1.33 bits per heavy atom. The SMILES string of the molecule is Cn1c(N)c(C(=O)CSc2nc3ccc([N+](=O)[O-])cc3s2)c(=O)n(C)c1=O. The van der Waals surface area contributed by atoms with Crippen molar-refractivity contribution >= 4 is 50.6 Å². The van der Waals surface area contributed by atoms with Gasteiger partial charge in [0, 0.05) is 26.2 Å². The number of benzene rings is 1. The number of nitrogen functional groups attached to an aromatic ring is 1. The second-order valence-electron chi connectivity index (χ2n) is 5.57. The number of thioether (sulfide) groups is 1. The van der Waals surface area contributed by atoms with E-state index < -0.39 is 22.0 Å². The fourth-order valence-corrected chi connectivity index (χ4v) is 4.36. The highest BCUT2D eigenvalue weighted by atomic mass is 32.2. The number of non-ortho nitro benzene ring substituents is 1. The van der Waals surface area contributed by atoms with E-state index in [-0.39, 0.29) is 22.8 Å². The number of nitro groups is 1. The highest BCUT2D eigenvalue weighted by Gasteiger charge is 2.21. The van der Waals surface area contributed by atoms with Crippen LogP contribution in [-0.4, -0.2) is 30.6 Å². The molecule has 0 aliphatic rings. The Kier molecular flexibility index (Phi) is 4.85. The zero-order valence-electron chi connectivity index (χ0n) is 14.2. The van der Waals surface area contributed by atoms with Crippen molar-refractivity contribution in [2.75, 3.05) is 11.5 Å². The summed E-state index contributed by atoms with van der Waals surface area (Å²) in [5, 5.41) is 10.8. The number of carbonyl (C=O) groups excluding carboxylic acids is 1. The van der Waals surface area contributed by atoms with Crippen molar-refractivity contribution in [3.05, 3.63) is 54.7 Å². The molecular weight excluding hydrogens is 394 g/mol. The molecule has 12 heteroatoms. The van der Waals surface area contributed by atoms with Gasteiger partial charge >= 0.3 is 5.69 Å². The van der Waals surface area contributed by atoms with Gasteiger partial charge in [0.2, 0.25) is 0 Å². The van der Waals surface area contributed by atoms with E-state index in [1.165, 1.54) is 43.6 Å². The number of nitrogens with two attached hydrogens (primary N) is 1. The topological polar surface area (TPSA) is 143 Å². The summed E-state index contributed by atoms with van der Waals surface area (Å²) in [6.07, 6.45) is 0. The van der Waals surface area contributed by atoms with Gasteiger partial charge in [0.15, 0.2) is 10.1 Å². The number of nitrogens with zero attached hydrogens (tertiary/aromatic N) is 4. The van der Waals surface area contributed by atoms with E-state index in [1.54, 1.807) is 0 Å². The van der Waals surface area contributed by atoms with Crippen molar-refractivity contribution in [3.8, 4) is 0 Å². The van der Waals surface area contributed by atoms with Crippen molar-refractivity contribution in [2.24, 2.45) is 14.1 Å². The molecule has 10 nitrogen and oxygen atoms in total. The minimum atomic E-state index is -0.749. The van der Waals surface area contributed by atoms with Crippen LogP contribution in [-0.2, 0) is 14.1 Å². The molecule has 0 atom stereocenters. The van der Waals surface area contributed by atoms with Crippen LogP contribution in [0.1, 0.15) is 10.4 Å². The Hall–Kier alpha value is -2.99. The van der Waals surface area contributed by atoms with Gasteiger partial charge in [0.05, 0.1) is 20.9 Å². The fraction of sp³-hybridized carbons (Fsp3) is 0.200. The standard InChI is InChI=1S/C15H13N5O5S2/c1-18-12(16)11(13(22)19(2)15(18)23)9(21)6-26-14-17-8-4-3-7(20(24)25)5-10(8)27-14/h3-5H,6,16H2,1-2H3. The molecule has 0 fully saturated rings. The first kappa shape index (κ1) is 18.8. The van der Waals surface area contributed by atoms with E-state index >= 15 is 0 Å². The third-order valence-corrected chi connectivity index (χ3v) is 6.04. The van der Waals surface area contributed by atoms with Gasteiger partial charge in [-0.05, 0) is 6.07 Å². The number of hydrogen-bond donors (Lipinski definition) is 1. The molecule has 0 unspecified atom stereocenters. The second-order valence-corrected chi connectivity index (χ2v) is 7.82. The summed E-state index contributed by atoms with van der Waals surface area (Å²) < 4.78 is 3.01. The molecular formula is C15H13N5O5S2. The van der Waals surface area contributed by atoms with Crippen molar-refractivity contribution < 1.29 is 9.72 Å². The summed E-state index contributed by atoms with van der Waals surface area (Å²) in [5.41, 5.74) is 4.70. The molecule has 0 aliphatic carbocycles. The number of anilines is 1. The molecule has 0 spiro atoms. The van der Waals surface area contributed by atoms with E-state index in [1.807, 2.05) is 0 Å². The van der Waals surface area contributed by atoms with Gasteiger partial charge in [-0.2, -0.15) is 0 Å². The van der Waals surface area contributed by atoms with Gasteiger partial charge < -0.3 is 5.73 Å². The molecule has 140 valence electrons. The Morgan fingerprint density at radius 3 is 2.70 bits per heavy atom. The van der Waals surface area contributed by atoms with Crippen LogP contribution in [0.2, 0.25) is 0 Å². The average molecular weight is 407 g/mol. The van der Waals surface area contributed by atoms with Gasteiger partial charge in [-0.1, -0.05) is 11.8 Å². The summed E-state index contributed by atoms with van der Waals surface area (Å²) in [6, 6.07) is 4.31. The van der Waals surface area contributed by atoms with Crippen LogP contribution in [0.3, 0.4) is 0 Å². The van der Waals surface area contributed by atoms with Crippen molar-refractivity contribution in [3.63, 3.8) is 0 Å². The molecule has 3 rings (SSSR count). The van der Waals surface area contributed by atoms with Gasteiger partial charge in [0.25, 0.3) is 11.2 Å². The van der Waals surface area contributed by atoms with Crippen LogP contribution < -0.4 is 17.0 Å². The normalized spacial score (nSPS) is 11.0. The number of Topliss-reactive ketones (excluding diaryl/α,β-unsaturated/α-hetero) is 1. The predicted molar refractivity (Wildman–Crippen MR) is 103 cm³/mol. The van der Waals surface area contributed by atoms with Crippen LogP contribution in [0, 0.1) is 10.1 Å². The first-order valence-corrected chi connectivity index (χ1v) is 9.27. The molecule has 27 heavy (non-hydrogen) atoms. The largest absolute Gasteiger partial charge is 0.384 e. The Bertz CT molecular complexity index is 1210. The molecule has 2 N–H and O–H groups in total. The maximum atomic E-state index is 12.5. The summed E-state index contributed by atoms with van der Waals surface area (Å²) in [7, 11) is 2.65. The Balaban J connectivity index is 1.86. The maximum absolute atomic E-state index is 12.5. The van der Waals surface area contributed by atoms with Crippen molar-refractivity contribution in [1.29, 1.82) is 0 Å². The molecule has 0 radical (unpaired) electrons. The molecule has 0 saturated heterocycles. The van der Waals surface area contributed by atoms with Crippen LogP contribution in [0.15, 0.2) is 32.1 Å². The summed E-state index contributed by atoms with van der Waals surface area (Å²) in [4.78, 5) is 51.2. The lowest BCUT2D eigenvalue weighted by Gasteiger charge is -2.10. The molecule has 0 amide bonds. The quantitative estimate of drug-likeness (QED) is 0.287. The zero-order chi connectivity index (χ0) is 19.9. The van der Waals surface area contributed by atoms with Crippen molar-refractivity contribution in [2.45, 2.75) is 4.34 Å². The highest BCUT2D eigenvalue weighted by Crippen LogP contribution is 2.32. The number of fused-ring (bicyclic) bond motifs is 1. The third-order valence-electron chi connectivity index (χ3n) is 3.88. The number of thiazole rings is 1. The predicted octanol–water partition coefficient (Wildman–Crippen LogP) is 1.16. The Labute approximate surface area is 159 Å². The molecule has 1 aromatic carbocycles. The summed E-state index contributed by atoms with van der Waals surface area (Å²) in [6.45, 7) is 0. The molecule has 3 aromatic rings. The van der Waals surface area contributed by atoms with E-state index in [4.69, 9.17) is 5.73 Å².